The highest BCUT2D eigenvalue weighted by Gasteiger charge is 2.14. The van der Waals surface area contributed by atoms with Gasteiger partial charge in [-0.3, -0.25) is 9.59 Å². The third-order valence-corrected chi connectivity index (χ3v) is 4.02. The lowest BCUT2D eigenvalue weighted by Crippen LogP contribution is -2.34. The van der Waals surface area contributed by atoms with E-state index >= 15 is 0 Å². The maximum Gasteiger partial charge on any atom is 0.313 e. The minimum absolute atomic E-state index is 0.161. The van der Waals surface area contributed by atoms with Crippen molar-refractivity contribution < 1.29 is 19.1 Å². The summed E-state index contributed by atoms with van der Waals surface area (Å²) in [6.07, 6.45) is 0. The quantitative estimate of drug-likeness (QED) is 0.778. The predicted molar refractivity (Wildman–Crippen MR) is 96.5 cm³/mol. The van der Waals surface area contributed by atoms with Crippen molar-refractivity contribution in [2.24, 2.45) is 0 Å². The van der Waals surface area contributed by atoms with E-state index < -0.39 is 11.8 Å². The number of methoxy groups -OCH3 is 2. The number of amides is 2. The third-order valence-electron chi connectivity index (χ3n) is 3.28. The molecule has 0 aliphatic rings. The predicted octanol–water partition coefficient (Wildman–Crippen LogP) is 3.27. The van der Waals surface area contributed by atoms with Crippen molar-refractivity contribution in [3.8, 4) is 11.5 Å². The number of ether oxygens (including phenoxy) is 2. The van der Waals surface area contributed by atoms with E-state index in [2.05, 4.69) is 10.6 Å². The summed E-state index contributed by atoms with van der Waals surface area (Å²) in [5.74, 6) is -0.468. The van der Waals surface area contributed by atoms with Gasteiger partial charge in [0.25, 0.3) is 0 Å². The molecule has 0 bridgehead atoms. The molecule has 2 amide bonds. The van der Waals surface area contributed by atoms with Gasteiger partial charge >= 0.3 is 11.8 Å². The molecule has 2 aromatic rings. The molecule has 25 heavy (non-hydrogen) atoms. The van der Waals surface area contributed by atoms with E-state index in [0.717, 1.165) is 5.56 Å². The molecule has 0 aromatic heterocycles. The molecule has 0 unspecified atom stereocenters. The van der Waals surface area contributed by atoms with E-state index in [9.17, 15) is 9.59 Å². The average molecular weight is 383 g/mol. The van der Waals surface area contributed by atoms with E-state index in [0.29, 0.717) is 22.2 Å². The molecule has 0 aliphatic heterocycles. The molecule has 0 aliphatic carbocycles. The summed E-state index contributed by atoms with van der Waals surface area (Å²) in [6, 6.07) is 9.74. The lowest BCUT2D eigenvalue weighted by atomic mass is 10.2. The second-order valence-corrected chi connectivity index (χ2v) is 5.77. The fourth-order valence-corrected chi connectivity index (χ4v) is 2.31. The third kappa shape index (κ3) is 5.01. The van der Waals surface area contributed by atoms with Crippen LogP contribution in [-0.2, 0) is 16.1 Å². The summed E-state index contributed by atoms with van der Waals surface area (Å²) in [5, 5.41) is 5.62. The summed E-state index contributed by atoms with van der Waals surface area (Å²) in [7, 11) is 3.05. The van der Waals surface area contributed by atoms with E-state index in [1.165, 1.54) is 26.4 Å². The molecule has 8 heteroatoms. The molecule has 0 saturated carbocycles. The first-order valence-electron chi connectivity index (χ1n) is 7.19. The van der Waals surface area contributed by atoms with Crippen LogP contribution in [0.5, 0.6) is 11.5 Å². The summed E-state index contributed by atoms with van der Waals surface area (Å²) in [5.41, 5.74) is 1.13. The smallest absolute Gasteiger partial charge is 0.313 e. The molecule has 6 nitrogen and oxygen atoms in total. The number of carbonyl (C=O) groups excluding carboxylic acids is 2. The molecular formula is C17H16Cl2N2O4. The van der Waals surface area contributed by atoms with Crippen LogP contribution in [0.2, 0.25) is 10.0 Å². The van der Waals surface area contributed by atoms with Gasteiger partial charge in [0.05, 0.1) is 24.3 Å². The van der Waals surface area contributed by atoms with Crippen LogP contribution in [0.25, 0.3) is 0 Å². The Balaban J connectivity index is 1.95. The highest BCUT2D eigenvalue weighted by Crippen LogP contribution is 2.27. The summed E-state index contributed by atoms with van der Waals surface area (Å²) >= 11 is 11.7. The number of nitrogens with one attached hydrogen (secondary N) is 2. The largest absolute Gasteiger partial charge is 0.493 e. The van der Waals surface area contributed by atoms with E-state index in [4.69, 9.17) is 32.7 Å². The van der Waals surface area contributed by atoms with Gasteiger partial charge in [-0.15, -0.1) is 0 Å². The fourth-order valence-electron chi connectivity index (χ4n) is 2.01. The van der Waals surface area contributed by atoms with Gasteiger partial charge in [0.15, 0.2) is 11.5 Å². The second-order valence-electron chi connectivity index (χ2n) is 4.96. The minimum atomic E-state index is -0.807. The van der Waals surface area contributed by atoms with Crippen molar-refractivity contribution in [2.75, 3.05) is 19.5 Å². The van der Waals surface area contributed by atoms with E-state index in [-0.39, 0.29) is 11.6 Å². The number of hydrogen-bond donors (Lipinski definition) is 2. The van der Waals surface area contributed by atoms with E-state index in [1.807, 2.05) is 0 Å². The SMILES string of the molecule is COc1ccc(CNC(=O)C(=O)Nc2ccc(Cl)c(Cl)c2)cc1OC. The number of carbonyl (C=O) groups is 2. The molecule has 2 rings (SSSR count). The Hall–Kier alpha value is -2.44. The first kappa shape index (κ1) is 18.9. The van der Waals surface area contributed by atoms with Crippen LogP contribution in [-0.4, -0.2) is 26.0 Å². The van der Waals surface area contributed by atoms with Crippen molar-refractivity contribution in [3.63, 3.8) is 0 Å². The van der Waals surface area contributed by atoms with Crippen molar-refractivity contribution in [3.05, 3.63) is 52.0 Å². The van der Waals surface area contributed by atoms with Gasteiger partial charge in [-0.25, -0.2) is 0 Å². The highest BCUT2D eigenvalue weighted by atomic mass is 35.5. The number of halogens is 2. The maximum atomic E-state index is 11.9. The first-order valence-corrected chi connectivity index (χ1v) is 7.95. The first-order chi connectivity index (χ1) is 11.9. The lowest BCUT2D eigenvalue weighted by molar-refractivity contribution is -0.136. The van der Waals surface area contributed by atoms with Crippen LogP contribution < -0.4 is 20.1 Å². The van der Waals surface area contributed by atoms with Crippen molar-refractivity contribution >= 4 is 40.7 Å². The molecule has 0 heterocycles. The molecule has 0 radical (unpaired) electrons. The number of hydrogen-bond acceptors (Lipinski definition) is 4. The van der Waals surface area contributed by atoms with Crippen molar-refractivity contribution in [1.29, 1.82) is 0 Å². The number of benzene rings is 2. The molecule has 0 saturated heterocycles. The van der Waals surface area contributed by atoms with Crippen LogP contribution in [0.1, 0.15) is 5.56 Å². The fraction of sp³-hybridized carbons (Fsp3) is 0.176. The maximum absolute atomic E-state index is 11.9. The van der Waals surface area contributed by atoms with Crippen LogP contribution in [0, 0.1) is 0 Å². The Bertz CT molecular complexity index is 796. The van der Waals surface area contributed by atoms with Crippen molar-refractivity contribution in [1.82, 2.24) is 5.32 Å². The van der Waals surface area contributed by atoms with Gasteiger partial charge in [-0.2, -0.15) is 0 Å². The zero-order valence-electron chi connectivity index (χ0n) is 13.6. The Morgan fingerprint density at radius 3 is 2.28 bits per heavy atom. The van der Waals surface area contributed by atoms with Gasteiger partial charge in [-0.1, -0.05) is 29.3 Å². The van der Waals surface area contributed by atoms with Gasteiger partial charge in [0.1, 0.15) is 0 Å². The zero-order chi connectivity index (χ0) is 18.4. The normalized spacial score (nSPS) is 10.1. The van der Waals surface area contributed by atoms with Crippen LogP contribution in [0.15, 0.2) is 36.4 Å². The number of anilines is 1. The summed E-state index contributed by atoms with van der Waals surface area (Å²) in [6.45, 7) is 0.161. The van der Waals surface area contributed by atoms with Gasteiger partial charge in [0.2, 0.25) is 0 Å². The van der Waals surface area contributed by atoms with Crippen LogP contribution >= 0.6 is 23.2 Å². The van der Waals surface area contributed by atoms with E-state index in [1.54, 1.807) is 24.3 Å². The van der Waals surface area contributed by atoms with Crippen LogP contribution in [0.3, 0.4) is 0 Å². The Labute approximate surface area is 155 Å². The van der Waals surface area contributed by atoms with Gasteiger partial charge in [0, 0.05) is 12.2 Å². The van der Waals surface area contributed by atoms with Crippen LogP contribution in [0.4, 0.5) is 5.69 Å². The monoisotopic (exact) mass is 382 g/mol. The molecule has 132 valence electrons. The minimum Gasteiger partial charge on any atom is -0.493 e. The number of rotatable bonds is 5. The second kappa shape index (κ2) is 8.60. The molecular weight excluding hydrogens is 367 g/mol. The zero-order valence-corrected chi connectivity index (χ0v) is 15.1. The Kier molecular flexibility index (Phi) is 6.50. The van der Waals surface area contributed by atoms with Gasteiger partial charge in [-0.05, 0) is 35.9 Å². The Morgan fingerprint density at radius 1 is 0.920 bits per heavy atom. The standard InChI is InChI=1S/C17H16Cl2N2O4/c1-24-14-6-3-10(7-15(14)25-2)9-20-16(22)17(23)21-11-4-5-12(18)13(19)8-11/h3-8H,9H2,1-2H3,(H,20,22)(H,21,23). The molecule has 2 aromatic carbocycles. The Morgan fingerprint density at radius 2 is 1.64 bits per heavy atom. The average Bonchev–Trinajstić information content (AvgIpc) is 2.62. The summed E-state index contributed by atoms with van der Waals surface area (Å²) < 4.78 is 10.3. The molecule has 0 spiro atoms. The van der Waals surface area contributed by atoms with Gasteiger partial charge < -0.3 is 20.1 Å². The highest BCUT2D eigenvalue weighted by molar-refractivity contribution is 6.42. The van der Waals surface area contributed by atoms with Crippen molar-refractivity contribution in [2.45, 2.75) is 6.54 Å². The lowest BCUT2D eigenvalue weighted by Gasteiger charge is -2.10. The molecule has 0 atom stereocenters. The molecule has 0 fully saturated rings. The molecule has 2 N–H and O–H groups in total. The summed E-state index contributed by atoms with van der Waals surface area (Å²) in [4.78, 5) is 23.8. The topological polar surface area (TPSA) is 76.7 Å².